The normalized spacial score (nSPS) is 12.4. The van der Waals surface area contributed by atoms with Crippen LogP contribution < -0.4 is 10.1 Å². The second-order valence-electron chi connectivity index (χ2n) is 4.10. The summed E-state index contributed by atoms with van der Waals surface area (Å²) in [5, 5.41) is 3.48. The molecule has 0 radical (unpaired) electrons. The average Bonchev–Trinajstić information content (AvgIpc) is 2.89. The molecular weight excluding hydrogens is 212 g/mol. The molecule has 0 saturated heterocycles. The predicted molar refractivity (Wildman–Crippen MR) is 69.0 cm³/mol. The lowest BCUT2D eigenvalue weighted by Gasteiger charge is -2.14. The van der Waals surface area contributed by atoms with Gasteiger partial charge in [-0.05, 0) is 36.2 Å². The largest absolute Gasteiger partial charge is 0.497 e. The van der Waals surface area contributed by atoms with Gasteiger partial charge in [0.2, 0.25) is 0 Å². The molecule has 17 heavy (non-hydrogen) atoms. The minimum atomic E-state index is 0.306. The van der Waals surface area contributed by atoms with Crippen LogP contribution in [0.1, 0.15) is 24.1 Å². The molecule has 0 aliphatic carbocycles. The van der Waals surface area contributed by atoms with Crippen LogP contribution in [-0.2, 0) is 6.54 Å². The summed E-state index contributed by atoms with van der Waals surface area (Å²) in [7, 11) is 1.69. The molecule has 1 heterocycles. The highest BCUT2D eigenvalue weighted by atomic mass is 16.5. The minimum Gasteiger partial charge on any atom is -0.497 e. The van der Waals surface area contributed by atoms with E-state index in [0.717, 1.165) is 12.3 Å². The highest BCUT2D eigenvalue weighted by Gasteiger charge is 2.05. The Morgan fingerprint density at radius 3 is 2.94 bits per heavy atom. The van der Waals surface area contributed by atoms with Crippen LogP contribution in [0, 0.1) is 0 Å². The Bertz CT molecular complexity index is 451. The number of H-pyrrole nitrogens is 1. The van der Waals surface area contributed by atoms with Crippen LogP contribution in [0.2, 0.25) is 0 Å². The van der Waals surface area contributed by atoms with Crippen molar-refractivity contribution in [2.45, 2.75) is 19.5 Å². The van der Waals surface area contributed by atoms with Gasteiger partial charge in [-0.15, -0.1) is 0 Å². The summed E-state index contributed by atoms with van der Waals surface area (Å²) in [4.78, 5) is 3.05. The fourth-order valence-electron chi connectivity index (χ4n) is 1.77. The van der Waals surface area contributed by atoms with Crippen molar-refractivity contribution in [3.05, 3.63) is 53.9 Å². The van der Waals surface area contributed by atoms with Crippen molar-refractivity contribution >= 4 is 0 Å². The summed E-state index contributed by atoms with van der Waals surface area (Å²) in [6.07, 6.45) is 3.94. The Morgan fingerprint density at radius 2 is 2.24 bits per heavy atom. The molecule has 0 unspecified atom stereocenters. The first kappa shape index (κ1) is 11.7. The maximum atomic E-state index is 5.22. The van der Waals surface area contributed by atoms with E-state index >= 15 is 0 Å². The van der Waals surface area contributed by atoms with Crippen LogP contribution in [0.5, 0.6) is 5.75 Å². The number of aromatic amines is 1. The number of benzene rings is 1. The third-order valence-corrected chi connectivity index (χ3v) is 2.87. The van der Waals surface area contributed by atoms with Crippen LogP contribution in [0.4, 0.5) is 0 Å². The highest BCUT2D eigenvalue weighted by molar-refractivity contribution is 5.30. The lowest BCUT2D eigenvalue weighted by molar-refractivity contribution is 0.413. The summed E-state index contributed by atoms with van der Waals surface area (Å²) in [6.45, 7) is 3.02. The summed E-state index contributed by atoms with van der Waals surface area (Å²) in [6, 6.07) is 10.5. The van der Waals surface area contributed by atoms with E-state index in [1.165, 1.54) is 11.1 Å². The smallest absolute Gasteiger partial charge is 0.119 e. The molecule has 0 aliphatic rings. The number of nitrogens with one attached hydrogen (secondary N) is 2. The van der Waals surface area contributed by atoms with Gasteiger partial charge in [-0.3, -0.25) is 0 Å². The first-order valence-electron chi connectivity index (χ1n) is 5.78. The Hall–Kier alpha value is -1.74. The van der Waals surface area contributed by atoms with Crippen LogP contribution in [0.15, 0.2) is 42.7 Å². The molecule has 1 atom stereocenters. The Morgan fingerprint density at radius 1 is 1.35 bits per heavy atom. The molecule has 0 bridgehead atoms. The zero-order valence-electron chi connectivity index (χ0n) is 10.2. The number of hydrogen-bond donors (Lipinski definition) is 2. The minimum absolute atomic E-state index is 0.306. The van der Waals surface area contributed by atoms with Gasteiger partial charge in [-0.1, -0.05) is 12.1 Å². The van der Waals surface area contributed by atoms with E-state index in [1.54, 1.807) is 7.11 Å². The number of ether oxygens (including phenoxy) is 1. The lowest BCUT2D eigenvalue weighted by Crippen LogP contribution is -2.17. The van der Waals surface area contributed by atoms with E-state index in [2.05, 4.69) is 35.4 Å². The van der Waals surface area contributed by atoms with Gasteiger partial charge in [0.1, 0.15) is 5.75 Å². The van der Waals surface area contributed by atoms with Crippen LogP contribution in [0.25, 0.3) is 0 Å². The predicted octanol–water partition coefficient (Wildman–Crippen LogP) is 2.87. The molecule has 3 heteroatoms. The molecule has 2 rings (SSSR count). The summed E-state index contributed by atoms with van der Waals surface area (Å²) in [5.41, 5.74) is 2.50. The quantitative estimate of drug-likeness (QED) is 0.828. The fraction of sp³-hybridized carbons (Fsp3) is 0.286. The standard InChI is InChI=1S/C14H18N2O/c1-11(16-10-12-6-7-15-9-12)13-4-3-5-14(8-13)17-2/h3-9,11,15-16H,10H2,1-2H3/t11-/m1/s1. The van der Waals surface area contributed by atoms with Gasteiger partial charge in [0.15, 0.2) is 0 Å². The van der Waals surface area contributed by atoms with Gasteiger partial charge in [0.05, 0.1) is 7.11 Å². The van der Waals surface area contributed by atoms with E-state index in [9.17, 15) is 0 Å². The average molecular weight is 230 g/mol. The molecular formula is C14H18N2O. The van der Waals surface area contributed by atoms with Crippen molar-refractivity contribution in [3.63, 3.8) is 0 Å². The molecule has 0 amide bonds. The zero-order valence-corrected chi connectivity index (χ0v) is 10.2. The van der Waals surface area contributed by atoms with Crippen molar-refractivity contribution in [3.8, 4) is 5.75 Å². The van der Waals surface area contributed by atoms with E-state index in [0.29, 0.717) is 6.04 Å². The topological polar surface area (TPSA) is 37.0 Å². The molecule has 3 nitrogen and oxygen atoms in total. The molecule has 2 N–H and O–H groups in total. The van der Waals surface area contributed by atoms with Crippen molar-refractivity contribution < 1.29 is 4.74 Å². The third-order valence-electron chi connectivity index (χ3n) is 2.87. The van der Waals surface area contributed by atoms with Crippen molar-refractivity contribution in [1.29, 1.82) is 0 Å². The Labute approximate surface area is 102 Å². The van der Waals surface area contributed by atoms with Gasteiger partial charge in [-0.2, -0.15) is 0 Å². The Balaban J connectivity index is 1.96. The maximum Gasteiger partial charge on any atom is 0.119 e. The fourth-order valence-corrected chi connectivity index (χ4v) is 1.77. The van der Waals surface area contributed by atoms with Crippen molar-refractivity contribution in [2.75, 3.05) is 7.11 Å². The van der Waals surface area contributed by atoms with E-state index in [4.69, 9.17) is 4.74 Å². The summed E-state index contributed by atoms with van der Waals surface area (Å²) in [5.74, 6) is 0.901. The molecule has 1 aromatic carbocycles. The second-order valence-corrected chi connectivity index (χ2v) is 4.10. The number of methoxy groups -OCH3 is 1. The Kier molecular flexibility index (Phi) is 3.83. The first-order chi connectivity index (χ1) is 8.29. The molecule has 1 aromatic heterocycles. The molecule has 2 aromatic rings. The summed E-state index contributed by atoms with van der Waals surface area (Å²) >= 11 is 0. The molecule has 0 fully saturated rings. The van der Waals surface area contributed by atoms with Gasteiger partial charge in [0, 0.05) is 25.0 Å². The highest BCUT2D eigenvalue weighted by Crippen LogP contribution is 2.18. The zero-order chi connectivity index (χ0) is 12.1. The van der Waals surface area contributed by atoms with E-state index in [1.807, 2.05) is 24.5 Å². The second kappa shape index (κ2) is 5.55. The van der Waals surface area contributed by atoms with E-state index < -0.39 is 0 Å². The first-order valence-corrected chi connectivity index (χ1v) is 5.78. The monoisotopic (exact) mass is 230 g/mol. The van der Waals surface area contributed by atoms with Crippen LogP contribution in [0.3, 0.4) is 0 Å². The van der Waals surface area contributed by atoms with Crippen LogP contribution in [-0.4, -0.2) is 12.1 Å². The van der Waals surface area contributed by atoms with E-state index in [-0.39, 0.29) is 0 Å². The number of aromatic nitrogens is 1. The van der Waals surface area contributed by atoms with Gasteiger partial charge < -0.3 is 15.0 Å². The van der Waals surface area contributed by atoms with Crippen molar-refractivity contribution in [1.82, 2.24) is 10.3 Å². The van der Waals surface area contributed by atoms with Gasteiger partial charge in [-0.25, -0.2) is 0 Å². The number of hydrogen-bond acceptors (Lipinski definition) is 2. The maximum absolute atomic E-state index is 5.22. The van der Waals surface area contributed by atoms with Crippen LogP contribution >= 0.6 is 0 Å². The molecule has 90 valence electrons. The van der Waals surface area contributed by atoms with Crippen molar-refractivity contribution in [2.24, 2.45) is 0 Å². The summed E-state index contributed by atoms with van der Waals surface area (Å²) < 4.78 is 5.22. The SMILES string of the molecule is COc1cccc([C@@H](C)NCc2cc[nH]c2)c1. The lowest BCUT2D eigenvalue weighted by atomic mass is 10.1. The van der Waals surface area contributed by atoms with Gasteiger partial charge in [0.25, 0.3) is 0 Å². The van der Waals surface area contributed by atoms with Gasteiger partial charge >= 0.3 is 0 Å². The molecule has 0 saturated carbocycles. The molecule has 0 aliphatic heterocycles. The number of rotatable bonds is 5. The third kappa shape index (κ3) is 3.11. The molecule has 0 spiro atoms.